The first-order valence-corrected chi connectivity index (χ1v) is 9.09. The SMILES string of the molecule is CN=C(NCCCn1cc(C)cn1)NCc1coc(-c2ccc(C)cc2)n1.I. The Hall–Kier alpha value is -2.36. The third kappa shape index (κ3) is 6.36. The molecule has 0 saturated carbocycles. The van der Waals surface area contributed by atoms with Crippen LogP contribution >= 0.6 is 24.0 Å². The molecule has 0 bridgehead atoms. The van der Waals surface area contributed by atoms with E-state index in [9.17, 15) is 0 Å². The largest absolute Gasteiger partial charge is 0.444 e. The number of benzene rings is 1. The van der Waals surface area contributed by atoms with E-state index >= 15 is 0 Å². The molecule has 2 heterocycles. The molecule has 3 rings (SSSR count). The first kappa shape index (κ1) is 21.9. The van der Waals surface area contributed by atoms with E-state index in [1.54, 1.807) is 13.3 Å². The molecule has 1 aromatic carbocycles. The zero-order valence-electron chi connectivity index (χ0n) is 16.5. The summed E-state index contributed by atoms with van der Waals surface area (Å²) in [5.41, 5.74) is 4.20. The number of aromatic nitrogens is 3. The molecule has 0 atom stereocenters. The highest BCUT2D eigenvalue weighted by molar-refractivity contribution is 14.0. The third-order valence-electron chi connectivity index (χ3n) is 4.13. The number of nitrogens with zero attached hydrogens (tertiary/aromatic N) is 4. The minimum Gasteiger partial charge on any atom is -0.444 e. The van der Waals surface area contributed by atoms with Crippen molar-refractivity contribution in [2.24, 2.45) is 4.99 Å². The van der Waals surface area contributed by atoms with Crippen molar-refractivity contribution in [2.45, 2.75) is 33.4 Å². The van der Waals surface area contributed by atoms with Crippen LogP contribution in [0.15, 0.2) is 52.3 Å². The number of nitrogens with one attached hydrogen (secondary N) is 2. The molecule has 8 heteroatoms. The van der Waals surface area contributed by atoms with Crippen LogP contribution < -0.4 is 10.6 Å². The maximum Gasteiger partial charge on any atom is 0.226 e. The number of rotatable bonds is 7. The van der Waals surface area contributed by atoms with Crippen LogP contribution in [0.2, 0.25) is 0 Å². The van der Waals surface area contributed by atoms with E-state index in [1.165, 1.54) is 11.1 Å². The number of halogens is 1. The smallest absolute Gasteiger partial charge is 0.226 e. The third-order valence-corrected chi connectivity index (χ3v) is 4.13. The Morgan fingerprint density at radius 1 is 1.14 bits per heavy atom. The summed E-state index contributed by atoms with van der Waals surface area (Å²) in [4.78, 5) is 8.77. The fraction of sp³-hybridized carbons (Fsp3) is 0.350. The normalized spacial score (nSPS) is 11.2. The average molecular weight is 494 g/mol. The molecular weight excluding hydrogens is 467 g/mol. The van der Waals surface area contributed by atoms with E-state index in [2.05, 4.69) is 32.6 Å². The van der Waals surface area contributed by atoms with E-state index in [-0.39, 0.29) is 24.0 Å². The Balaban J connectivity index is 0.00000280. The molecule has 0 aliphatic carbocycles. The lowest BCUT2D eigenvalue weighted by Gasteiger charge is -2.10. The minimum absolute atomic E-state index is 0. The number of oxazole rings is 1. The fourth-order valence-corrected chi connectivity index (χ4v) is 2.65. The van der Waals surface area contributed by atoms with E-state index in [0.29, 0.717) is 12.4 Å². The molecule has 3 aromatic rings. The van der Waals surface area contributed by atoms with Gasteiger partial charge in [0.05, 0.1) is 18.4 Å². The second-order valence-corrected chi connectivity index (χ2v) is 6.50. The molecule has 0 aliphatic heterocycles. The second-order valence-electron chi connectivity index (χ2n) is 6.50. The summed E-state index contributed by atoms with van der Waals surface area (Å²) in [6, 6.07) is 8.13. The molecule has 28 heavy (non-hydrogen) atoms. The van der Waals surface area contributed by atoms with Crippen molar-refractivity contribution < 1.29 is 4.42 Å². The summed E-state index contributed by atoms with van der Waals surface area (Å²) in [6.07, 6.45) is 6.55. The lowest BCUT2D eigenvalue weighted by Crippen LogP contribution is -2.37. The van der Waals surface area contributed by atoms with Crippen molar-refractivity contribution in [2.75, 3.05) is 13.6 Å². The molecule has 7 nitrogen and oxygen atoms in total. The minimum atomic E-state index is 0. The molecule has 150 valence electrons. The lowest BCUT2D eigenvalue weighted by atomic mass is 10.1. The molecule has 0 saturated heterocycles. The standard InChI is InChI=1S/C20H26N6O.HI/c1-15-5-7-17(8-6-15)19-25-18(14-27-19)12-23-20(21-3)22-9-4-10-26-13-16(2)11-24-26;/h5-8,11,13-14H,4,9-10,12H2,1-3H3,(H2,21,22,23);1H. The molecule has 0 radical (unpaired) electrons. The van der Waals surface area contributed by atoms with E-state index in [0.717, 1.165) is 36.7 Å². The molecule has 0 amide bonds. The maximum atomic E-state index is 5.58. The fourth-order valence-electron chi connectivity index (χ4n) is 2.65. The summed E-state index contributed by atoms with van der Waals surface area (Å²) in [5.74, 6) is 1.37. The van der Waals surface area contributed by atoms with Crippen LogP contribution in [-0.4, -0.2) is 34.3 Å². The van der Waals surface area contributed by atoms with Crippen LogP contribution in [0.3, 0.4) is 0 Å². The zero-order valence-corrected chi connectivity index (χ0v) is 18.8. The van der Waals surface area contributed by atoms with Crippen LogP contribution in [-0.2, 0) is 13.1 Å². The van der Waals surface area contributed by atoms with Gasteiger partial charge in [0.2, 0.25) is 5.89 Å². The maximum absolute atomic E-state index is 5.58. The molecule has 0 unspecified atom stereocenters. The van der Waals surface area contributed by atoms with Gasteiger partial charge in [-0.25, -0.2) is 4.98 Å². The Bertz CT molecular complexity index is 884. The Morgan fingerprint density at radius 2 is 1.93 bits per heavy atom. The van der Waals surface area contributed by atoms with Gasteiger partial charge in [0.15, 0.2) is 5.96 Å². The van der Waals surface area contributed by atoms with Crippen LogP contribution in [0, 0.1) is 13.8 Å². The van der Waals surface area contributed by atoms with Gasteiger partial charge in [0.25, 0.3) is 0 Å². The molecule has 2 aromatic heterocycles. The Kier molecular flexibility index (Phi) is 8.49. The van der Waals surface area contributed by atoms with Gasteiger partial charge < -0.3 is 15.1 Å². The van der Waals surface area contributed by atoms with Gasteiger partial charge in [-0.3, -0.25) is 9.67 Å². The predicted molar refractivity (Wildman–Crippen MR) is 122 cm³/mol. The lowest BCUT2D eigenvalue weighted by molar-refractivity contribution is 0.568. The van der Waals surface area contributed by atoms with Gasteiger partial charge in [-0.1, -0.05) is 17.7 Å². The van der Waals surface area contributed by atoms with Crippen LogP contribution in [0.25, 0.3) is 11.5 Å². The number of aliphatic imine (C=N–C) groups is 1. The van der Waals surface area contributed by atoms with Gasteiger partial charge in [-0.15, -0.1) is 24.0 Å². The molecule has 0 fully saturated rings. The highest BCUT2D eigenvalue weighted by atomic mass is 127. The van der Waals surface area contributed by atoms with Crippen LogP contribution in [0.5, 0.6) is 0 Å². The van der Waals surface area contributed by atoms with Crippen molar-refractivity contribution in [3.8, 4) is 11.5 Å². The molecule has 0 aliphatic rings. The number of aryl methyl sites for hydroxylation is 3. The monoisotopic (exact) mass is 494 g/mol. The summed E-state index contributed by atoms with van der Waals surface area (Å²) >= 11 is 0. The molecule has 2 N–H and O–H groups in total. The second kappa shape index (κ2) is 10.8. The Labute approximate surface area is 182 Å². The quantitative estimate of drug-likeness (QED) is 0.228. The summed E-state index contributed by atoms with van der Waals surface area (Å²) < 4.78 is 7.54. The highest BCUT2D eigenvalue weighted by Crippen LogP contribution is 2.18. The van der Waals surface area contributed by atoms with Gasteiger partial charge >= 0.3 is 0 Å². The van der Waals surface area contributed by atoms with Gasteiger partial charge in [-0.05, 0) is 38.0 Å². The van der Waals surface area contributed by atoms with Crippen molar-refractivity contribution in [3.63, 3.8) is 0 Å². The Morgan fingerprint density at radius 3 is 2.61 bits per heavy atom. The zero-order chi connectivity index (χ0) is 19.1. The van der Waals surface area contributed by atoms with Crippen molar-refractivity contribution >= 4 is 29.9 Å². The first-order valence-electron chi connectivity index (χ1n) is 9.09. The van der Waals surface area contributed by atoms with Gasteiger partial charge in [0, 0.05) is 31.9 Å². The number of hydrogen-bond acceptors (Lipinski definition) is 4. The molecular formula is C20H27IN6O. The summed E-state index contributed by atoms with van der Waals surface area (Å²) in [7, 11) is 1.76. The van der Waals surface area contributed by atoms with E-state index in [1.807, 2.05) is 48.3 Å². The summed E-state index contributed by atoms with van der Waals surface area (Å²) in [6.45, 7) is 6.34. The van der Waals surface area contributed by atoms with Crippen LogP contribution in [0.1, 0.15) is 23.2 Å². The van der Waals surface area contributed by atoms with Crippen molar-refractivity contribution in [1.82, 2.24) is 25.4 Å². The van der Waals surface area contributed by atoms with E-state index < -0.39 is 0 Å². The predicted octanol–water partition coefficient (Wildman–Crippen LogP) is 3.53. The average Bonchev–Trinajstić information content (AvgIpc) is 3.31. The van der Waals surface area contributed by atoms with Crippen molar-refractivity contribution in [1.29, 1.82) is 0 Å². The topological polar surface area (TPSA) is 80.3 Å². The van der Waals surface area contributed by atoms with Crippen LogP contribution in [0.4, 0.5) is 0 Å². The van der Waals surface area contributed by atoms with Crippen molar-refractivity contribution in [3.05, 3.63) is 59.7 Å². The van der Waals surface area contributed by atoms with Gasteiger partial charge in [0.1, 0.15) is 6.26 Å². The van der Waals surface area contributed by atoms with E-state index in [4.69, 9.17) is 4.42 Å². The highest BCUT2D eigenvalue weighted by Gasteiger charge is 2.07. The first-order chi connectivity index (χ1) is 13.1. The molecule has 0 spiro atoms. The summed E-state index contributed by atoms with van der Waals surface area (Å²) in [5, 5.41) is 10.8. The number of hydrogen-bond donors (Lipinski definition) is 2. The van der Waals surface area contributed by atoms with Gasteiger partial charge in [-0.2, -0.15) is 5.10 Å². The number of guanidine groups is 1.